The van der Waals surface area contributed by atoms with Crippen molar-refractivity contribution in [3.8, 4) is 6.07 Å². The van der Waals surface area contributed by atoms with E-state index in [9.17, 15) is 4.39 Å². The van der Waals surface area contributed by atoms with Gasteiger partial charge in [0.25, 0.3) is 5.16 Å². The molecule has 7 nitrogen and oxygen atoms in total. The molecule has 0 radical (unpaired) electrons. The van der Waals surface area contributed by atoms with Crippen LogP contribution in [0.3, 0.4) is 0 Å². The third-order valence-electron chi connectivity index (χ3n) is 0.377. The monoisotopic (exact) mass is 322 g/mol. The van der Waals surface area contributed by atoms with Gasteiger partial charge in [0, 0.05) is 17.4 Å². The van der Waals surface area contributed by atoms with Crippen molar-refractivity contribution in [1.82, 2.24) is 0 Å². The quantitative estimate of drug-likeness (QED) is 0.285. The average Bonchev–Trinajstić information content (AvgIpc) is 2.55. The largest absolute Gasteiger partial charge is 0 e. The van der Waals surface area contributed by atoms with Crippen LogP contribution in [-0.2, 0) is 40.6 Å². The topological polar surface area (TPSA) is 128 Å². The van der Waals surface area contributed by atoms with Crippen LogP contribution in [0.1, 0.15) is 0 Å². The van der Waals surface area contributed by atoms with Crippen LogP contribution < -0.4 is 0 Å². The van der Waals surface area contributed by atoms with E-state index in [0.29, 0.717) is 0 Å². The number of allylic oxidation sites excluding steroid dienone is 1. The summed E-state index contributed by atoms with van der Waals surface area (Å²) in [4.78, 5) is 2.46. The van der Waals surface area contributed by atoms with Crippen LogP contribution in [-0.4, -0.2) is 0 Å². The molecule has 0 rings (SSSR count). The van der Waals surface area contributed by atoms with Gasteiger partial charge in [0.05, 0.1) is 6.57 Å². The van der Waals surface area contributed by atoms with Gasteiger partial charge in [-0.2, -0.15) is 5.26 Å². The van der Waals surface area contributed by atoms with Gasteiger partial charge in [-0.05, 0) is 0 Å². The van der Waals surface area contributed by atoms with Crippen LogP contribution in [0.15, 0.2) is 11.0 Å². The molecule has 19 heavy (non-hydrogen) atoms. The van der Waals surface area contributed by atoms with Crippen molar-refractivity contribution >= 4 is 11.6 Å². The maximum atomic E-state index is 11.7. The number of rotatable bonds is 0. The molecule has 0 heterocycles. The predicted molar refractivity (Wildman–Crippen MR) is 45.8 cm³/mol. The Hall–Kier alpha value is -1.83. The normalized spacial score (nSPS) is 5.16. The molecule has 0 saturated heterocycles. The predicted octanol–water partition coefficient (Wildman–Crippen LogP) is 1.62. The second kappa shape index (κ2) is 97.7. The van der Waals surface area contributed by atoms with E-state index in [4.69, 9.17) is 46.7 Å². The zero-order chi connectivity index (χ0) is 16.6. The van der Waals surface area contributed by atoms with E-state index in [-0.39, 0.29) is 17.4 Å². The molecule has 0 unspecified atom stereocenters. The zero-order valence-corrected chi connectivity index (χ0v) is 10.6. The molecule has 0 aliphatic rings. The first-order valence-corrected chi connectivity index (χ1v) is 2.95. The Morgan fingerprint density at radius 3 is 1.21 bits per heavy atom. The van der Waals surface area contributed by atoms with Crippen LogP contribution in [0.2, 0.25) is 0 Å². The Kier molecular flexibility index (Phi) is 223. The number of nitrogens with zero attached hydrogens (tertiary/aromatic N) is 2. The van der Waals surface area contributed by atoms with Crippen molar-refractivity contribution in [3.63, 3.8) is 0 Å². The summed E-state index contributed by atoms with van der Waals surface area (Å²) in [6.07, 6.45) is 0. The minimum Gasteiger partial charge on any atom is 0 e. The molecule has 0 atom stereocenters. The molecule has 0 spiro atoms. The van der Waals surface area contributed by atoms with E-state index in [0.717, 1.165) is 6.07 Å². The van der Waals surface area contributed by atoms with Gasteiger partial charge in [0.1, 0.15) is 6.07 Å². The Bertz CT molecular complexity index is 330. The summed E-state index contributed by atoms with van der Waals surface area (Å²) in [5, 5.41) is 7.01. The second-order valence-corrected chi connectivity index (χ2v) is 1.19. The molecule has 0 saturated carbocycles. The van der Waals surface area contributed by atoms with Crippen LogP contribution in [0.5, 0.6) is 0 Å². The van der Waals surface area contributed by atoms with Gasteiger partial charge in [-0.1, -0.05) is 0 Å². The van der Waals surface area contributed by atoms with Crippen molar-refractivity contribution in [2.75, 3.05) is 0 Å². The number of hydrogen-bond donors (Lipinski definition) is 0. The standard InChI is InChI=1S/C4ClFN2.5CO.Cr/c1-8-4(5)3(6)2-7;5*1-2;/b4-3-;;;;;;. The van der Waals surface area contributed by atoms with Crippen molar-refractivity contribution < 1.29 is 45.0 Å². The molecule has 0 aromatic heterocycles. The Morgan fingerprint density at radius 1 is 0.947 bits per heavy atom. The fourth-order valence-corrected chi connectivity index (χ4v) is 0.137. The minimum absolute atomic E-state index is 0. The van der Waals surface area contributed by atoms with E-state index in [1.165, 1.54) is 0 Å². The van der Waals surface area contributed by atoms with Gasteiger partial charge < -0.3 is 0 Å². The summed E-state index contributed by atoms with van der Waals surface area (Å²) in [6.45, 7) is 28.6. The van der Waals surface area contributed by atoms with E-state index in [1.54, 1.807) is 0 Å². The van der Waals surface area contributed by atoms with Gasteiger partial charge in [-0.25, -0.2) is 9.24 Å². The molecular formula is C9ClCrFN2O5. The molecule has 0 aromatic carbocycles. The van der Waals surface area contributed by atoms with Gasteiger partial charge in [-0.15, -0.1) is 11.6 Å². The van der Waals surface area contributed by atoms with Gasteiger partial charge in [0.15, 0.2) is 0 Å². The molecule has 0 aliphatic carbocycles. The molecule has 96 valence electrons. The molecule has 0 fully saturated rings. The molecule has 10 heteroatoms. The summed E-state index contributed by atoms with van der Waals surface area (Å²) in [7, 11) is 0. The van der Waals surface area contributed by atoms with E-state index < -0.39 is 11.0 Å². The fraction of sp³-hybridized carbons (Fsp3) is 0. The van der Waals surface area contributed by atoms with Crippen LogP contribution in [0, 0.1) is 51.2 Å². The van der Waals surface area contributed by atoms with Crippen molar-refractivity contribution in [3.05, 3.63) is 55.7 Å². The van der Waals surface area contributed by atoms with Gasteiger partial charge in [0.2, 0.25) is 5.83 Å². The first-order chi connectivity index (χ1) is 8.72. The summed E-state index contributed by atoms with van der Waals surface area (Å²) in [5.41, 5.74) is 0. The molecule has 0 bridgehead atoms. The first-order valence-electron chi connectivity index (χ1n) is 2.57. The van der Waals surface area contributed by atoms with Crippen LogP contribution >= 0.6 is 11.6 Å². The van der Waals surface area contributed by atoms with E-state index in [1.807, 2.05) is 0 Å². The maximum absolute atomic E-state index is 11.7. The first kappa shape index (κ1) is 43.4. The Balaban J connectivity index is -0.0000000223. The average molecular weight is 323 g/mol. The summed E-state index contributed by atoms with van der Waals surface area (Å²) < 4.78 is 49.2. The Labute approximate surface area is 124 Å². The van der Waals surface area contributed by atoms with Gasteiger partial charge >= 0.3 is 56.5 Å². The third-order valence-corrected chi connectivity index (χ3v) is 0.628. The van der Waals surface area contributed by atoms with Crippen LogP contribution in [0.4, 0.5) is 4.39 Å². The van der Waals surface area contributed by atoms with Crippen LogP contribution in [0.25, 0.3) is 4.85 Å². The van der Waals surface area contributed by atoms with E-state index >= 15 is 0 Å². The smallest absolute Gasteiger partial charge is 0 e. The zero-order valence-electron chi connectivity index (χ0n) is 8.60. The maximum Gasteiger partial charge on any atom is 0 e. The Morgan fingerprint density at radius 2 is 1.16 bits per heavy atom. The van der Waals surface area contributed by atoms with Crippen molar-refractivity contribution in [2.24, 2.45) is 0 Å². The third kappa shape index (κ3) is 85.3. The SMILES string of the molecule is [C-]#[N+]/C(Cl)=C(\F)C#N.[C-]#[O+].[C-]#[O+].[C-]#[O+].[C-]#[O+].[C-]#[O+].[Cr]. The van der Waals surface area contributed by atoms with Crippen molar-refractivity contribution in [2.45, 2.75) is 0 Å². The number of hydrogen-bond acceptors (Lipinski definition) is 1. The minimum atomic E-state index is -1.23. The fourth-order valence-electron chi connectivity index (χ4n) is 0.0952. The molecule has 0 N–H and O–H groups in total. The second-order valence-electron chi connectivity index (χ2n) is 0.828. The molecule has 0 amide bonds. The number of halogens is 2. The molecule has 0 aromatic rings. The summed E-state index contributed by atoms with van der Waals surface area (Å²) >= 11 is 4.84. The van der Waals surface area contributed by atoms with E-state index in [2.05, 4.69) is 38.1 Å². The van der Waals surface area contributed by atoms with Crippen molar-refractivity contribution in [1.29, 1.82) is 5.26 Å². The summed E-state index contributed by atoms with van der Waals surface area (Å²) in [6, 6.07) is 1.08. The summed E-state index contributed by atoms with van der Waals surface area (Å²) in [5.74, 6) is -1.23. The molecule has 0 aliphatic heterocycles. The number of nitriles is 1. The van der Waals surface area contributed by atoms with Gasteiger partial charge in [-0.3, -0.25) is 0 Å². The molecular weight excluding hydrogens is 323 g/mol.